The fourth-order valence-electron chi connectivity index (χ4n) is 1.80. The topological polar surface area (TPSA) is 47.3 Å². The molecule has 0 bridgehead atoms. The Morgan fingerprint density at radius 1 is 1.62 bits per heavy atom. The van der Waals surface area contributed by atoms with E-state index in [9.17, 15) is 5.11 Å². The second-order valence-electron chi connectivity index (χ2n) is 4.04. The Kier molecular flexibility index (Phi) is 3.62. The number of hydrogen-bond donors (Lipinski definition) is 1. The Morgan fingerprint density at radius 2 is 2.50 bits per heavy atom. The molecule has 1 aliphatic rings. The Bertz CT molecular complexity index is 371. The van der Waals surface area contributed by atoms with Crippen LogP contribution in [0.15, 0.2) is 24.2 Å². The van der Waals surface area contributed by atoms with Crippen molar-refractivity contribution < 1.29 is 9.84 Å². The molecule has 0 saturated heterocycles. The summed E-state index contributed by atoms with van der Waals surface area (Å²) in [7, 11) is 0. The zero-order chi connectivity index (χ0) is 11.4. The number of aliphatic hydroxyl groups excluding tert-OH is 1. The van der Waals surface area contributed by atoms with Gasteiger partial charge in [-0.2, -0.15) is 5.10 Å². The highest BCUT2D eigenvalue weighted by atomic mass is 16.5. The number of hydrogen-bond acceptors (Lipinski definition) is 3. The van der Waals surface area contributed by atoms with E-state index in [1.165, 1.54) is 0 Å². The largest absolute Gasteiger partial charge is 0.495 e. The zero-order valence-corrected chi connectivity index (χ0v) is 9.59. The van der Waals surface area contributed by atoms with Gasteiger partial charge in [-0.3, -0.25) is 4.68 Å². The predicted molar refractivity (Wildman–Crippen MR) is 60.7 cm³/mol. The first kappa shape index (κ1) is 11.2. The molecule has 1 N–H and O–H groups in total. The van der Waals surface area contributed by atoms with Crippen molar-refractivity contribution in [2.45, 2.75) is 38.8 Å². The molecule has 0 aliphatic carbocycles. The molecule has 16 heavy (non-hydrogen) atoms. The summed E-state index contributed by atoms with van der Waals surface area (Å²) in [5.41, 5.74) is 0.807. The summed E-state index contributed by atoms with van der Waals surface area (Å²) >= 11 is 0. The summed E-state index contributed by atoms with van der Waals surface area (Å²) in [6, 6.07) is 0. The summed E-state index contributed by atoms with van der Waals surface area (Å²) in [5, 5.41) is 14.3. The van der Waals surface area contributed by atoms with Gasteiger partial charge in [-0.15, -0.1) is 0 Å². The van der Waals surface area contributed by atoms with Crippen LogP contribution >= 0.6 is 0 Å². The maximum Gasteiger partial charge on any atom is 0.139 e. The van der Waals surface area contributed by atoms with Gasteiger partial charge in [-0.05, 0) is 25.3 Å². The van der Waals surface area contributed by atoms with E-state index in [0.717, 1.165) is 31.4 Å². The lowest BCUT2D eigenvalue weighted by atomic mass is 10.1. The lowest BCUT2D eigenvalue weighted by Crippen LogP contribution is -2.09. The molecule has 0 saturated carbocycles. The minimum Gasteiger partial charge on any atom is -0.495 e. The molecule has 1 aliphatic heterocycles. The second-order valence-corrected chi connectivity index (χ2v) is 4.04. The highest BCUT2D eigenvalue weighted by molar-refractivity contribution is 5.18. The highest BCUT2D eigenvalue weighted by Gasteiger charge is 2.18. The first-order chi connectivity index (χ1) is 7.81. The number of aryl methyl sites for hydroxylation is 1. The Hall–Kier alpha value is -1.29. The van der Waals surface area contributed by atoms with E-state index in [1.807, 2.05) is 17.0 Å². The standard InChI is InChI=1S/C12H18N2O2/c1-2-6-14-9-10(8-13-14)12(15)11-5-3-4-7-16-11/h5,8-9,12,15H,2-4,6-7H2,1H3. The molecule has 2 heterocycles. The van der Waals surface area contributed by atoms with E-state index in [2.05, 4.69) is 12.0 Å². The summed E-state index contributed by atoms with van der Waals surface area (Å²) in [4.78, 5) is 0. The third-order valence-corrected chi connectivity index (χ3v) is 2.65. The van der Waals surface area contributed by atoms with Gasteiger partial charge in [0.15, 0.2) is 0 Å². The van der Waals surface area contributed by atoms with Crippen molar-refractivity contribution in [1.82, 2.24) is 9.78 Å². The van der Waals surface area contributed by atoms with Gasteiger partial charge in [0.25, 0.3) is 0 Å². The Balaban J connectivity index is 2.07. The average molecular weight is 222 g/mol. The fraction of sp³-hybridized carbons (Fsp3) is 0.583. The molecule has 0 radical (unpaired) electrons. The Labute approximate surface area is 95.5 Å². The number of nitrogens with zero attached hydrogens (tertiary/aromatic N) is 2. The fourth-order valence-corrected chi connectivity index (χ4v) is 1.80. The van der Waals surface area contributed by atoms with Crippen LogP contribution in [0.2, 0.25) is 0 Å². The first-order valence-electron chi connectivity index (χ1n) is 5.84. The van der Waals surface area contributed by atoms with Crippen LogP contribution in [0.3, 0.4) is 0 Å². The minimum absolute atomic E-state index is 0.661. The van der Waals surface area contributed by atoms with Crippen molar-refractivity contribution in [1.29, 1.82) is 0 Å². The minimum atomic E-state index is -0.661. The van der Waals surface area contributed by atoms with Crippen LogP contribution in [-0.2, 0) is 11.3 Å². The Morgan fingerprint density at radius 3 is 3.19 bits per heavy atom. The van der Waals surface area contributed by atoms with Crippen molar-refractivity contribution >= 4 is 0 Å². The SMILES string of the molecule is CCCn1cc(C(O)C2=CCCCO2)cn1. The first-order valence-corrected chi connectivity index (χ1v) is 5.84. The van der Waals surface area contributed by atoms with Gasteiger partial charge < -0.3 is 9.84 Å². The van der Waals surface area contributed by atoms with E-state index in [4.69, 9.17) is 4.74 Å². The van der Waals surface area contributed by atoms with Gasteiger partial charge >= 0.3 is 0 Å². The summed E-state index contributed by atoms with van der Waals surface area (Å²) in [6.07, 6.45) is 7.94. The van der Waals surface area contributed by atoms with Crippen LogP contribution in [0.25, 0.3) is 0 Å². The quantitative estimate of drug-likeness (QED) is 0.847. The molecular weight excluding hydrogens is 204 g/mol. The van der Waals surface area contributed by atoms with Gasteiger partial charge in [0.2, 0.25) is 0 Å². The van der Waals surface area contributed by atoms with Crippen LogP contribution in [0, 0.1) is 0 Å². The number of rotatable bonds is 4. The van der Waals surface area contributed by atoms with E-state index in [1.54, 1.807) is 6.20 Å². The van der Waals surface area contributed by atoms with Gasteiger partial charge in [0.1, 0.15) is 11.9 Å². The summed E-state index contributed by atoms with van der Waals surface area (Å²) in [5.74, 6) is 0.669. The van der Waals surface area contributed by atoms with E-state index < -0.39 is 6.10 Å². The molecule has 88 valence electrons. The number of ether oxygens (including phenoxy) is 1. The molecule has 1 aromatic heterocycles. The summed E-state index contributed by atoms with van der Waals surface area (Å²) < 4.78 is 7.29. The van der Waals surface area contributed by atoms with E-state index >= 15 is 0 Å². The van der Waals surface area contributed by atoms with Crippen LogP contribution in [0.4, 0.5) is 0 Å². The van der Waals surface area contributed by atoms with Gasteiger partial charge in [0, 0.05) is 18.3 Å². The molecule has 1 atom stereocenters. The third-order valence-electron chi connectivity index (χ3n) is 2.65. The predicted octanol–water partition coefficient (Wildman–Crippen LogP) is 2.02. The molecular formula is C12H18N2O2. The van der Waals surface area contributed by atoms with E-state index in [-0.39, 0.29) is 0 Å². The molecule has 4 nitrogen and oxygen atoms in total. The summed E-state index contributed by atoms with van der Waals surface area (Å²) in [6.45, 7) is 3.68. The van der Waals surface area contributed by atoms with Crippen LogP contribution in [0.5, 0.6) is 0 Å². The van der Waals surface area contributed by atoms with Crippen molar-refractivity contribution in [3.8, 4) is 0 Å². The van der Waals surface area contributed by atoms with Gasteiger partial charge in [-0.25, -0.2) is 0 Å². The molecule has 4 heteroatoms. The molecule has 0 aromatic carbocycles. The number of aliphatic hydroxyl groups is 1. The third kappa shape index (κ3) is 2.44. The van der Waals surface area contributed by atoms with Crippen molar-refractivity contribution in [3.63, 3.8) is 0 Å². The molecule has 0 amide bonds. The zero-order valence-electron chi connectivity index (χ0n) is 9.59. The lowest BCUT2D eigenvalue weighted by Gasteiger charge is -2.18. The molecule has 0 spiro atoms. The normalized spacial score (nSPS) is 17.8. The highest BCUT2D eigenvalue weighted by Crippen LogP contribution is 2.25. The maximum atomic E-state index is 10.1. The van der Waals surface area contributed by atoms with Crippen molar-refractivity contribution in [3.05, 3.63) is 29.8 Å². The van der Waals surface area contributed by atoms with Crippen molar-refractivity contribution in [2.75, 3.05) is 6.61 Å². The van der Waals surface area contributed by atoms with Crippen LogP contribution in [0.1, 0.15) is 37.9 Å². The second kappa shape index (κ2) is 5.16. The molecule has 1 unspecified atom stereocenters. The van der Waals surface area contributed by atoms with E-state index in [0.29, 0.717) is 12.4 Å². The van der Waals surface area contributed by atoms with Crippen molar-refractivity contribution in [2.24, 2.45) is 0 Å². The monoisotopic (exact) mass is 222 g/mol. The molecule has 0 fully saturated rings. The maximum absolute atomic E-state index is 10.1. The number of aromatic nitrogens is 2. The average Bonchev–Trinajstić information content (AvgIpc) is 2.78. The molecule has 2 rings (SSSR count). The van der Waals surface area contributed by atoms with Crippen LogP contribution in [-0.4, -0.2) is 21.5 Å². The molecule has 1 aromatic rings. The van der Waals surface area contributed by atoms with Gasteiger partial charge in [0.05, 0.1) is 12.8 Å². The lowest BCUT2D eigenvalue weighted by molar-refractivity contribution is 0.0917. The number of allylic oxidation sites excluding steroid dienone is 1. The van der Waals surface area contributed by atoms with Crippen LogP contribution < -0.4 is 0 Å². The van der Waals surface area contributed by atoms with Gasteiger partial charge in [-0.1, -0.05) is 6.92 Å². The smallest absolute Gasteiger partial charge is 0.139 e.